The molecule has 108 valence electrons. The second kappa shape index (κ2) is 5.98. The molecule has 2 rings (SSSR count). The summed E-state index contributed by atoms with van der Waals surface area (Å²) in [7, 11) is 3.46. The van der Waals surface area contributed by atoms with Gasteiger partial charge in [-0.2, -0.15) is 0 Å². The van der Waals surface area contributed by atoms with Gasteiger partial charge in [-0.05, 0) is 19.2 Å². The highest BCUT2D eigenvalue weighted by atomic mass is 16.6. The number of nitrogens with one attached hydrogen (secondary N) is 1. The maximum atomic E-state index is 12.4. The maximum absolute atomic E-state index is 12.4. The first-order valence-corrected chi connectivity index (χ1v) is 6.31. The molecule has 0 aromatic heterocycles. The molecule has 1 N–H and O–H groups in total. The number of hydrogen-bond acceptors (Lipinski definition) is 5. The summed E-state index contributed by atoms with van der Waals surface area (Å²) in [4.78, 5) is 24.1. The average Bonchev–Trinajstić information content (AvgIpc) is 2.94. The molecule has 0 saturated carbocycles. The molecule has 1 aliphatic rings. The Hall–Kier alpha value is -1.99. The van der Waals surface area contributed by atoms with E-state index in [4.69, 9.17) is 4.74 Å². The van der Waals surface area contributed by atoms with Gasteiger partial charge in [0, 0.05) is 30.9 Å². The van der Waals surface area contributed by atoms with E-state index in [1.54, 1.807) is 26.2 Å². The van der Waals surface area contributed by atoms with Crippen molar-refractivity contribution in [3.8, 4) is 0 Å². The van der Waals surface area contributed by atoms with Gasteiger partial charge in [0.05, 0.1) is 24.1 Å². The lowest BCUT2D eigenvalue weighted by molar-refractivity contribution is -0.384. The predicted molar refractivity (Wildman–Crippen MR) is 73.7 cm³/mol. The zero-order chi connectivity index (χ0) is 14.7. The van der Waals surface area contributed by atoms with Crippen LogP contribution in [-0.2, 0) is 9.53 Å². The molecule has 7 nitrogen and oxygen atoms in total. The Bertz CT molecular complexity index is 503. The molecule has 1 amide bonds. The minimum atomic E-state index is -0.465. The molecule has 0 radical (unpaired) electrons. The number of rotatable bonds is 4. The first kappa shape index (κ1) is 14.4. The van der Waals surface area contributed by atoms with Crippen LogP contribution in [0.3, 0.4) is 0 Å². The van der Waals surface area contributed by atoms with Gasteiger partial charge in [0.2, 0.25) is 5.91 Å². The summed E-state index contributed by atoms with van der Waals surface area (Å²) in [6.45, 7) is 0.905. The lowest BCUT2D eigenvalue weighted by Crippen LogP contribution is -2.43. The van der Waals surface area contributed by atoms with Gasteiger partial charge in [-0.15, -0.1) is 0 Å². The number of carbonyl (C=O) groups is 1. The van der Waals surface area contributed by atoms with Gasteiger partial charge in [0.15, 0.2) is 0 Å². The molecule has 7 heteroatoms. The number of likely N-dealkylation sites (N-methyl/N-ethyl adjacent to an activating group) is 1. The van der Waals surface area contributed by atoms with E-state index in [0.29, 0.717) is 18.9 Å². The van der Waals surface area contributed by atoms with E-state index in [1.165, 1.54) is 17.0 Å². The number of non-ortho nitro benzene ring substituents is 1. The van der Waals surface area contributed by atoms with Gasteiger partial charge in [0.1, 0.15) is 0 Å². The Labute approximate surface area is 116 Å². The van der Waals surface area contributed by atoms with Gasteiger partial charge in [-0.25, -0.2) is 0 Å². The number of nitro groups is 1. The lowest BCUT2D eigenvalue weighted by atomic mass is 10.0. The van der Waals surface area contributed by atoms with E-state index in [-0.39, 0.29) is 23.6 Å². The molecule has 1 aromatic carbocycles. The first-order valence-electron chi connectivity index (χ1n) is 6.31. The fraction of sp³-hybridized carbons (Fsp3) is 0.462. The standard InChI is InChI=1S/C13H17N3O4/c1-14-12-8-20-7-11(12)13(17)15(2)9-3-5-10(6-4-9)16(18)19/h3-6,11-12,14H,7-8H2,1-2H3. The first-order chi connectivity index (χ1) is 9.54. The van der Waals surface area contributed by atoms with Crippen LogP contribution >= 0.6 is 0 Å². The number of hydrogen-bond donors (Lipinski definition) is 1. The summed E-state index contributed by atoms with van der Waals surface area (Å²) in [5.41, 5.74) is 0.634. The molecule has 2 unspecified atom stereocenters. The molecule has 2 atom stereocenters. The van der Waals surface area contributed by atoms with Gasteiger partial charge >= 0.3 is 0 Å². The number of anilines is 1. The lowest BCUT2D eigenvalue weighted by Gasteiger charge is -2.23. The van der Waals surface area contributed by atoms with Crippen LogP contribution < -0.4 is 10.2 Å². The molecule has 20 heavy (non-hydrogen) atoms. The summed E-state index contributed by atoms with van der Waals surface area (Å²) in [5.74, 6) is -0.295. The van der Waals surface area contributed by atoms with E-state index >= 15 is 0 Å². The van der Waals surface area contributed by atoms with Crippen molar-refractivity contribution in [3.05, 3.63) is 34.4 Å². The Morgan fingerprint density at radius 2 is 2.05 bits per heavy atom. The summed E-state index contributed by atoms with van der Waals surface area (Å²) < 4.78 is 5.32. The molecular weight excluding hydrogens is 262 g/mol. The van der Waals surface area contributed by atoms with Crippen molar-refractivity contribution in [2.24, 2.45) is 5.92 Å². The third kappa shape index (κ3) is 2.78. The van der Waals surface area contributed by atoms with Crippen molar-refractivity contribution in [2.75, 3.05) is 32.2 Å². The average molecular weight is 279 g/mol. The molecular formula is C13H17N3O4. The number of carbonyl (C=O) groups excluding carboxylic acids is 1. The highest BCUT2D eigenvalue weighted by molar-refractivity contribution is 5.95. The molecule has 0 spiro atoms. The van der Waals surface area contributed by atoms with Crippen LogP contribution in [0.15, 0.2) is 24.3 Å². The van der Waals surface area contributed by atoms with Crippen LogP contribution in [0.2, 0.25) is 0 Å². The predicted octanol–water partition coefficient (Wildman–Crippen LogP) is 0.792. The molecule has 1 aromatic rings. The van der Waals surface area contributed by atoms with Crippen molar-refractivity contribution in [2.45, 2.75) is 6.04 Å². The smallest absolute Gasteiger partial charge is 0.269 e. The van der Waals surface area contributed by atoms with Crippen LogP contribution in [0.25, 0.3) is 0 Å². The zero-order valence-corrected chi connectivity index (χ0v) is 11.4. The highest BCUT2D eigenvalue weighted by Gasteiger charge is 2.35. The second-order valence-corrected chi connectivity index (χ2v) is 4.71. The van der Waals surface area contributed by atoms with Crippen molar-refractivity contribution in [1.82, 2.24) is 5.32 Å². The van der Waals surface area contributed by atoms with E-state index in [9.17, 15) is 14.9 Å². The third-order valence-corrected chi connectivity index (χ3v) is 3.55. The molecule has 1 heterocycles. The van der Waals surface area contributed by atoms with E-state index in [0.717, 1.165) is 0 Å². The Kier molecular flexibility index (Phi) is 4.31. The zero-order valence-electron chi connectivity index (χ0n) is 11.4. The summed E-state index contributed by atoms with van der Waals surface area (Å²) in [6, 6.07) is 5.92. The van der Waals surface area contributed by atoms with Crippen molar-refractivity contribution in [1.29, 1.82) is 0 Å². The minimum absolute atomic E-state index is 0.00278. The molecule has 0 bridgehead atoms. The molecule has 1 saturated heterocycles. The van der Waals surface area contributed by atoms with Crippen LogP contribution in [0, 0.1) is 16.0 Å². The van der Waals surface area contributed by atoms with E-state index in [1.807, 2.05) is 0 Å². The van der Waals surface area contributed by atoms with E-state index in [2.05, 4.69) is 5.32 Å². The van der Waals surface area contributed by atoms with Crippen molar-refractivity contribution in [3.63, 3.8) is 0 Å². The summed E-state index contributed by atoms with van der Waals surface area (Å²) in [6.07, 6.45) is 0. The SMILES string of the molecule is CNC1COCC1C(=O)N(C)c1ccc([N+](=O)[O-])cc1. The van der Waals surface area contributed by atoms with Gasteiger partial charge in [-0.1, -0.05) is 0 Å². The summed E-state index contributed by atoms with van der Waals surface area (Å²) >= 11 is 0. The fourth-order valence-electron chi connectivity index (χ4n) is 2.26. The van der Waals surface area contributed by atoms with Gasteiger partial charge in [0.25, 0.3) is 5.69 Å². The van der Waals surface area contributed by atoms with Crippen LogP contribution in [0.4, 0.5) is 11.4 Å². The van der Waals surface area contributed by atoms with Crippen molar-refractivity contribution >= 4 is 17.3 Å². The van der Waals surface area contributed by atoms with Crippen molar-refractivity contribution < 1.29 is 14.5 Å². The van der Waals surface area contributed by atoms with Gasteiger partial charge < -0.3 is 15.0 Å². The fourth-order valence-corrected chi connectivity index (χ4v) is 2.26. The molecule has 1 fully saturated rings. The molecule has 0 aliphatic carbocycles. The largest absolute Gasteiger partial charge is 0.379 e. The third-order valence-electron chi connectivity index (χ3n) is 3.55. The topological polar surface area (TPSA) is 84.7 Å². The quantitative estimate of drug-likeness (QED) is 0.650. The second-order valence-electron chi connectivity index (χ2n) is 4.71. The minimum Gasteiger partial charge on any atom is -0.379 e. The number of amides is 1. The number of benzene rings is 1. The maximum Gasteiger partial charge on any atom is 0.269 e. The Morgan fingerprint density at radius 3 is 2.60 bits per heavy atom. The number of nitrogens with zero attached hydrogens (tertiary/aromatic N) is 2. The number of ether oxygens (including phenoxy) is 1. The normalized spacial score (nSPS) is 21.7. The van der Waals surface area contributed by atoms with Crippen LogP contribution in [0.1, 0.15) is 0 Å². The van der Waals surface area contributed by atoms with Crippen LogP contribution in [0.5, 0.6) is 0 Å². The molecule has 1 aliphatic heterocycles. The summed E-state index contributed by atoms with van der Waals surface area (Å²) in [5, 5.41) is 13.7. The Balaban J connectivity index is 2.12. The van der Waals surface area contributed by atoms with Gasteiger partial charge in [-0.3, -0.25) is 14.9 Å². The van der Waals surface area contributed by atoms with E-state index < -0.39 is 4.92 Å². The highest BCUT2D eigenvalue weighted by Crippen LogP contribution is 2.22. The number of nitro benzene ring substituents is 1. The monoisotopic (exact) mass is 279 g/mol. The van der Waals surface area contributed by atoms with Crippen LogP contribution in [-0.4, -0.2) is 44.2 Å². The Morgan fingerprint density at radius 1 is 1.40 bits per heavy atom.